The van der Waals surface area contributed by atoms with E-state index in [1.54, 1.807) is 4.57 Å². The normalized spacial score (nSPS) is 17.7. The molecule has 1 aromatic heterocycles. The van der Waals surface area contributed by atoms with Crippen LogP contribution in [-0.2, 0) is 16.1 Å². The van der Waals surface area contributed by atoms with E-state index in [4.69, 9.17) is 4.74 Å². The molecule has 8 heteroatoms. The van der Waals surface area contributed by atoms with Crippen LogP contribution >= 0.6 is 11.8 Å². The predicted octanol–water partition coefficient (Wildman–Crippen LogP) is 0.0724. The summed E-state index contributed by atoms with van der Waals surface area (Å²) in [5.74, 6) is 0.301. The van der Waals surface area contributed by atoms with E-state index in [1.165, 1.54) is 16.7 Å². The zero-order valence-corrected chi connectivity index (χ0v) is 16.8. The largest absolute Gasteiger partial charge is 0.370 e. The average Bonchev–Trinajstić information content (AvgIpc) is 3.53. The van der Waals surface area contributed by atoms with Crippen LogP contribution < -0.4 is 15.8 Å². The summed E-state index contributed by atoms with van der Waals surface area (Å²) in [5.41, 5.74) is 0.667. The summed E-state index contributed by atoms with van der Waals surface area (Å²) >= 11 is 1.35. The summed E-state index contributed by atoms with van der Waals surface area (Å²) in [6.07, 6.45) is 3.04. The number of rotatable bonds is 8. The van der Waals surface area contributed by atoms with Gasteiger partial charge in [-0.1, -0.05) is 23.9 Å². The van der Waals surface area contributed by atoms with Crippen molar-refractivity contribution < 1.29 is 14.4 Å². The summed E-state index contributed by atoms with van der Waals surface area (Å²) in [7, 11) is 0. The number of para-hydroxylation sites is 1. The molecule has 2 fully saturated rings. The van der Waals surface area contributed by atoms with Gasteiger partial charge < -0.3 is 15.0 Å². The van der Waals surface area contributed by atoms with Crippen molar-refractivity contribution in [3.8, 4) is 0 Å². The number of morpholine rings is 1. The maximum Gasteiger partial charge on any atom is 0.262 e. The molecule has 0 radical (unpaired) electrons. The number of quaternary nitrogens is 1. The summed E-state index contributed by atoms with van der Waals surface area (Å²) < 4.78 is 7.16. The van der Waals surface area contributed by atoms with Gasteiger partial charge in [0.05, 0.1) is 36.4 Å². The van der Waals surface area contributed by atoms with Gasteiger partial charge in [-0.05, 0) is 25.0 Å². The van der Waals surface area contributed by atoms with Gasteiger partial charge in [-0.2, -0.15) is 0 Å². The lowest BCUT2D eigenvalue weighted by molar-refractivity contribution is -0.908. The number of fused-ring (bicyclic) bond motifs is 1. The molecule has 7 nitrogen and oxygen atoms in total. The number of nitrogens with zero attached hydrogens (tertiary/aromatic N) is 2. The third-order valence-corrected chi connectivity index (χ3v) is 6.19. The van der Waals surface area contributed by atoms with Crippen LogP contribution in [0.4, 0.5) is 0 Å². The van der Waals surface area contributed by atoms with Crippen molar-refractivity contribution in [2.45, 2.75) is 37.0 Å². The third kappa shape index (κ3) is 4.92. The molecular weight excluding hydrogens is 376 g/mol. The van der Waals surface area contributed by atoms with Gasteiger partial charge in [0.1, 0.15) is 13.1 Å². The van der Waals surface area contributed by atoms with Crippen LogP contribution in [0.1, 0.15) is 19.3 Å². The van der Waals surface area contributed by atoms with E-state index < -0.39 is 0 Å². The molecule has 4 rings (SSSR count). The lowest BCUT2D eigenvalue weighted by Gasteiger charge is -2.24. The molecule has 2 aliphatic rings. The van der Waals surface area contributed by atoms with E-state index in [9.17, 15) is 9.59 Å². The lowest BCUT2D eigenvalue weighted by Crippen LogP contribution is -3.14. The third-order valence-electron chi connectivity index (χ3n) is 5.21. The topological polar surface area (TPSA) is 77.7 Å². The summed E-state index contributed by atoms with van der Waals surface area (Å²) in [6.45, 7) is 5.29. The molecule has 2 N–H and O–H groups in total. The van der Waals surface area contributed by atoms with Crippen LogP contribution in [-0.4, -0.2) is 60.1 Å². The first-order chi connectivity index (χ1) is 13.7. The molecule has 2 heterocycles. The molecule has 1 saturated heterocycles. The van der Waals surface area contributed by atoms with Gasteiger partial charge in [0, 0.05) is 19.0 Å². The smallest absolute Gasteiger partial charge is 0.262 e. The van der Waals surface area contributed by atoms with Crippen molar-refractivity contribution in [2.75, 3.05) is 38.6 Å². The van der Waals surface area contributed by atoms with E-state index in [2.05, 4.69) is 10.3 Å². The zero-order valence-electron chi connectivity index (χ0n) is 16.0. The van der Waals surface area contributed by atoms with Crippen LogP contribution in [0, 0.1) is 0 Å². The van der Waals surface area contributed by atoms with Crippen LogP contribution in [0.5, 0.6) is 0 Å². The van der Waals surface area contributed by atoms with E-state index >= 15 is 0 Å². The van der Waals surface area contributed by atoms with Gasteiger partial charge in [0.15, 0.2) is 5.16 Å². The number of ether oxygens (including phenoxy) is 1. The maximum atomic E-state index is 13.0. The molecule has 2 aromatic rings. The number of hydrogen-bond donors (Lipinski definition) is 2. The maximum absolute atomic E-state index is 13.0. The Balaban J connectivity index is 1.48. The van der Waals surface area contributed by atoms with Crippen molar-refractivity contribution in [1.29, 1.82) is 0 Å². The SMILES string of the molecule is O=C(CSc1nc2ccccc2c(=O)n1CCC[NH+]1CCOCC1)NC1CC1. The molecule has 0 atom stereocenters. The molecular formula is C20H27N4O3S+. The van der Waals surface area contributed by atoms with Gasteiger partial charge in [-0.15, -0.1) is 0 Å². The number of carbonyl (C=O) groups excluding carboxylic acids is 1. The highest BCUT2D eigenvalue weighted by atomic mass is 32.2. The quantitative estimate of drug-likeness (QED) is 0.482. The van der Waals surface area contributed by atoms with Crippen molar-refractivity contribution in [3.63, 3.8) is 0 Å². The van der Waals surface area contributed by atoms with E-state index in [0.29, 0.717) is 28.6 Å². The highest BCUT2D eigenvalue weighted by Crippen LogP contribution is 2.21. The lowest BCUT2D eigenvalue weighted by atomic mass is 10.2. The highest BCUT2D eigenvalue weighted by Gasteiger charge is 2.23. The molecule has 0 bridgehead atoms. The van der Waals surface area contributed by atoms with E-state index in [-0.39, 0.29) is 17.2 Å². The fourth-order valence-electron chi connectivity index (χ4n) is 3.48. The van der Waals surface area contributed by atoms with Crippen LogP contribution in [0.25, 0.3) is 10.9 Å². The predicted molar refractivity (Wildman–Crippen MR) is 109 cm³/mol. The van der Waals surface area contributed by atoms with E-state index in [1.807, 2.05) is 24.3 Å². The molecule has 1 aromatic carbocycles. The molecule has 28 heavy (non-hydrogen) atoms. The van der Waals surface area contributed by atoms with Crippen LogP contribution in [0.2, 0.25) is 0 Å². The van der Waals surface area contributed by atoms with Gasteiger partial charge in [0.2, 0.25) is 5.91 Å². The monoisotopic (exact) mass is 403 g/mol. The Morgan fingerprint density at radius 1 is 1.29 bits per heavy atom. The first-order valence-electron chi connectivity index (χ1n) is 10.0. The summed E-state index contributed by atoms with van der Waals surface area (Å²) in [5, 5.41) is 4.25. The second-order valence-electron chi connectivity index (χ2n) is 7.46. The zero-order chi connectivity index (χ0) is 19.3. The average molecular weight is 404 g/mol. The Morgan fingerprint density at radius 3 is 2.86 bits per heavy atom. The summed E-state index contributed by atoms with van der Waals surface area (Å²) in [4.78, 5) is 31.3. The molecule has 0 spiro atoms. The fraction of sp³-hybridized carbons (Fsp3) is 0.550. The van der Waals surface area contributed by atoms with Gasteiger partial charge in [-0.3, -0.25) is 14.2 Å². The first-order valence-corrected chi connectivity index (χ1v) is 11.0. The van der Waals surface area contributed by atoms with Gasteiger partial charge in [-0.25, -0.2) is 4.98 Å². The Labute approximate surface area is 168 Å². The van der Waals surface area contributed by atoms with Gasteiger partial charge >= 0.3 is 0 Å². The number of thioether (sulfide) groups is 1. The van der Waals surface area contributed by atoms with Crippen molar-refractivity contribution in [1.82, 2.24) is 14.9 Å². The van der Waals surface area contributed by atoms with Crippen LogP contribution in [0.3, 0.4) is 0 Å². The van der Waals surface area contributed by atoms with E-state index in [0.717, 1.165) is 52.1 Å². The Hall–Kier alpha value is -1.90. The number of hydrogen-bond acceptors (Lipinski definition) is 5. The minimum atomic E-state index is -0.0207. The number of aromatic nitrogens is 2. The van der Waals surface area contributed by atoms with Crippen molar-refractivity contribution in [3.05, 3.63) is 34.6 Å². The Kier molecular flexibility index (Phi) is 6.29. The molecule has 1 amide bonds. The number of benzene rings is 1. The second kappa shape index (κ2) is 9.07. The molecule has 1 aliphatic heterocycles. The molecule has 150 valence electrons. The minimum absolute atomic E-state index is 0.0132. The molecule has 1 aliphatic carbocycles. The molecule has 1 saturated carbocycles. The van der Waals surface area contributed by atoms with Crippen molar-refractivity contribution >= 4 is 28.6 Å². The minimum Gasteiger partial charge on any atom is -0.370 e. The standard InChI is InChI=1S/C20H26N4O3S/c25-18(21-15-6-7-15)14-28-20-22-17-5-2-1-4-16(17)19(26)24(20)9-3-8-23-10-12-27-13-11-23/h1-2,4-5,15H,3,6-14H2,(H,21,25)/p+1. The fourth-order valence-corrected chi connectivity index (χ4v) is 4.32. The number of amides is 1. The van der Waals surface area contributed by atoms with Crippen LogP contribution in [0.15, 0.2) is 34.2 Å². The second-order valence-corrected chi connectivity index (χ2v) is 8.41. The Morgan fingerprint density at radius 2 is 2.07 bits per heavy atom. The van der Waals surface area contributed by atoms with Gasteiger partial charge in [0.25, 0.3) is 5.56 Å². The first kappa shape index (κ1) is 19.4. The Bertz CT molecular complexity index is 891. The number of carbonyl (C=O) groups is 1. The molecule has 0 unspecified atom stereocenters. The number of nitrogens with one attached hydrogen (secondary N) is 2. The van der Waals surface area contributed by atoms with Crippen molar-refractivity contribution in [2.24, 2.45) is 0 Å². The highest BCUT2D eigenvalue weighted by molar-refractivity contribution is 7.99. The summed E-state index contributed by atoms with van der Waals surface area (Å²) in [6, 6.07) is 7.77.